The lowest BCUT2D eigenvalue weighted by Gasteiger charge is -2.33. The Balaban J connectivity index is 1.33. The number of benzene rings is 3. The minimum Gasteiger partial charge on any atom is -0.372 e. The summed E-state index contributed by atoms with van der Waals surface area (Å²) < 4.78 is 19.7. The maximum absolute atomic E-state index is 6.65. The van der Waals surface area contributed by atoms with Gasteiger partial charge in [0.05, 0.1) is 38.1 Å². The third-order valence-corrected chi connectivity index (χ3v) is 7.00. The van der Waals surface area contributed by atoms with E-state index >= 15 is 0 Å². The fraction of sp³-hybridized carbons (Fsp3) is 0.400. The zero-order chi connectivity index (χ0) is 23.0. The van der Waals surface area contributed by atoms with Crippen molar-refractivity contribution in [2.75, 3.05) is 13.1 Å². The van der Waals surface area contributed by atoms with E-state index in [2.05, 4.69) is 83.8 Å². The first-order valence-corrected chi connectivity index (χ1v) is 12.6. The summed E-state index contributed by atoms with van der Waals surface area (Å²) in [7, 11) is 0. The molecule has 4 atom stereocenters. The van der Waals surface area contributed by atoms with Crippen molar-refractivity contribution in [2.24, 2.45) is 0 Å². The second-order valence-corrected chi connectivity index (χ2v) is 9.41. The number of rotatable bonds is 9. The van der Waals surface area contributed by atoms with Gasteiger partial charge < -0.3 is 14.2 Å². The Labute approximate surface area is 203 Å². The Morgan fingerprint density at radius 2 is 1.09 bits per heavy atom. The van der Waals surface area contributed by atoms with Crippen molar-refractivity contribution >= 4 is 0 Å². The first-order valence-electron chi connectivity index (χ1n) is 12.6. The van der Waals surface area contributed by atoms with Gasteiger partial charge in [-0.1, -0.05) is 91.0 Å². The Morgan fingerprint density at radius 1 is 0.588 bits per heavy atom. The third kappa shape index (κ3) is 5.94. The van der Waals surface area contributed by atoms with Gasteiger partial charge in [0.25, 0.3) is 0 Å². The maximum atomic E-state index is 6.65. The van der Waals surface area contributed by atoms with Gasteiger partial charge in [0, 0.05) is 6.54 Å². The predicted molar refractivity (Wildman–Crippen MR) is 134 cm³/mol. The molecule has 2 saturated heterocycles. The SMILES string of the molecule is c1ccc(CO[C@@H]2[C@H]3[C@@H](OCc4ccccc4)CCCCN3C[C@@H]2OCc2ccccc2)cc1. The van der Waals surface area contributed by atoms with Gasteiger partial charge in [0.1, 0.15) is 6.10 Å². The standard InChI is InChI=1S/C30H35NO3/c1-4-12-24(13-5-1)21-32-27-18-10-11-19-31-20-28(33-22-25-14-6-2-7-15-25)30(29(27)31)34-23-26-16-8-3-9-17-26/h1-9,12-17,27-30H,10-11,18-23H2/t27-,28-,29+,30-/m0/s1. The zero-order valence-electron chi connectivity index (χ0n) is 19.8. The van der Waals surface area contributed by atoms with Crippen LogP contribution in [0.2, 0.25) is 0 Å². The molecule has 34 heavy (non-hydrogen) atoms. The molecule has 2 aliphatic rings. The van der Waals surface area contributed by atoms with Crippen molar-refractivity contribution in [1.82, 2.24) is 4.90 Å². The zero-order valence-corrected chi connectivity index (χ0v) is 19.8. The molecule has 0 saturated carbocycles. The van der Waals surface area contributed by atoms with Gasteiger partial charge in [-0.05, 0) is 42.5 Å². The van der Waals surface area contributed by atoms with E-state index in [0.29, 0.717) is 19.8 Å². The van der Waals surface area contributed by atoms with Crippen molar-refractivity contribution in [1.29, 1.82) is 0 Å². The van der Waals surface area contributed by atoms with Crippen LogP contribution in [0.1, 0.15) is 36.0 Å². The highest BCUT2D eigenvalue weighted by atomic mass is 16.5. The molecule has 3 aromatic rings. The van der Waals surface area contributed by atoms with Gasteiger partial charge in [0.2, 0.25) is 0 Å². The summed E-state index contributed by atoms with van der Waals surface area (Å²) in [5.41, 5.74) is 3.61. The number of ether oxygens (including phenoxy) is 3. The number of hydrogen-bond acceptors (Lipinski definition) is 4. The molecule has 0 N–H and O–H groups in total. The summed E-state index contributed by atoms with van der Waals surface area (Å²) in [5.74, 6) is 0. The molecular weight excluding hydrogens is 422 g/mol. The van der Waals surface area contributed by atoms with Gasteiger partial charge >= 0.3 is 0 Å². The molecule has 0 amide bonds. The summed E-state index contributed by atoms with van der Waals surface area (Å²) in [5, 5.41) is 0. The number of hydrogen-bond donors (Lipinski definition) is 0. The van der Waals surface area contributed by atoms with E-state index in [1.165, 1.54) is 29.5 Å². The molecule has 5 rings (SSSR count). The van der Waals surface area contributed by atoms with E-state index in [1.54, 1.807) is 0 Å². The molecule has 4 heteroatoms. The van der Waals surface area contributed by atoms with Crippen molar-refractivity contribution in [3.05, 3.63) is 108 Å². The van der Waals surface area contributed by atoms with Gasteiger partial charge in [-0.2, -0.15) is 0 Å². The second kappa shape index (κ2) is 11.8. The van der Waals surface area contributed by atoms with E-state index in [9.17, 15) is 0 Å². The van der Waals surface area contributed by atoms with E-state index in [-0.39, 0.29) is 24.4 Å². The van der Waals surface area contributed by atoms with Crippen LogP contribution in [0.15, 0.2) is 91.0 Å². The lowest BCUT2D eigenvalue weighted by Crippen LogP contribution is -2.47. The lowest BCUT2D eigenvalue weighted by molar-refractivity contribution is -0.100. The molecule has 0 spiro atoms. The first-order chi connectivity index (χ1) is 16.9. The first kappa shape index (κ1) is 23.3. The van der Waals surface area contributed by atoms with E-state index in [1.807, 2.05) is 12.1 Å². The molecule has 2 fully saturated rings. The molecule has 0 aromatic heterocycles. The van der Waals surface area contributed by atoms with Crippen LogP contribution in [0.3, 0.4) is 0 Å². The van der Waals surface area contributed by atoms with Crippen LogP contribution < -0.4 is 0 Å². The summed E-state index contributed by atoms with van der Waals surface area (Å²) in [4.78, 5) is 2.56. The molecular formula is C30H35NO3. The Morgan fingerprint density at radius 3 is 1.65 bits per heavy atom. The highest BCUT2D eigenvalue weighted by molar-refractivity contribution is 5.16. The normalized spacial score (nSPS) is 25.1. The van der Waals surface area contributed by atoms with Gasteiger partial charge in [-0.15, -0.1) is 0 Å². The van der Waals surface area contributed by atoms with Crippen molar-refractivity contribution in [3.63, 3.8) is 0 Å². The van der Waals surface area contributed by atoms with Crippen LogP contribution in [0.5, 0.6) is 0 Å². The smallest absolute Gasteiger partial charge is 0.103 e. The van der Waals surface area contributed by atoms with E-state index in [0.717, 1.165) is 19.5 Å². The quantitative estimate of drug-likeness (QED) is 0.418. The number of nitrogens with zero attached hydrogens (tertiary/aromatic N) is 1. The van der Waals surface area contributed by atoms with Gasteiger partial charge in [-0.25, -0.2) is 0 Å². The summed E-state index contributed by atoms with van der Waals surface area (Å²) >= 11 is 0. The minimum atomic E-state index is -0.0252. The molecule has 0 aliphatic carbocycles. The molecule has 2 aliphatic heterocycles. The van der Waals surface area contributed by atoms with Crippen molar-refractivity contribution < 1.29 is 14.2 Å². The van der Waals surface area contributed by atoms with Crippen LogP contribution in [0, 0.1) is 0 Å². The molecule has 4 nitrogen and oxygen atoms in total. The minimum absolute atomic E-state index is 0.0230. The Kier molecular flexibility index (Phi) is 8.05. The van der Waals surface area contributed by atoms with Crippen LogP contribution in [0.4, 0.5) is 0 Å². The fourth-order valence-electron chi connectivity index (χ4n) is 5.26. The summed E-state index contributed by atoms with van der Waals surface area (Å²) in [6.45, 7) is 3.80. The third-order valence-electron chi connectivity index (χ3n) is 7.00. The van der Waals surface area contributed by atoms with Crippen LogP contribution >= 0.6 is 0 Å². The van der Waals surface area contributed by atoms with Gasteiger partial charge in [-0.3, -0.25) is 4.90 Å². The molecule has 2 heterocycles. The average Bonchev–Trinajstić information content (AvgIpc) is 3.12. The second-order valence-electron chi connectivity index (χ2n) is 9.41. The molecule has 178 valence electrons. The van der Waals surface area contributed by atoms with E-state index < -0.39 is 0 Å². The highest BCUT2D eigenvalue weighted by Gasteiger charge is 2.48. The lowest BCUT2D eigenvalue weighted by atomic mass is 10.0. The summed E-state index contributed by atoms with van der Waals surface area (Å²) in [6.07, 6.45) is 3.57. The summed E-state index contributed by atoms with van der Waals surface area (Å²) in [6, 6.07) is 31.6. The van der Waals surface area contributed by atoms with Crippen molar-refractivity contribution in [3.8, 4) is 0 Å². The predicted octanol–water partition coefficient (Wildman–Crippen LogP) is 5.61. The molecule has 3 aromatic carbocycles. The fourth-order valence-corrected chi connectivity index (χ4v) is 5.26. The Bertz CT molecular complexity index is 982. The highest BCUT2D eigenvalue weighted by Crippen LogP contribution is 2.34. The monoisotopic (exact) mass is 457 g/mol. The number of fused-ring (bicyclic) bond motifs is 1. The maximum Gasteiger partial charge on any atom is 0.103 e. The van der Waals surface area contributed by atoms with Crippen LogP contribution in [-0.4, -0.2) is 42.3 Å². The van der Waals surface area contributed by atoms with Crippen LogP contribution in [-0.2, 0) is 34.0 Å². The van der Waals surface area contributed by atoms with E-state index in [4.69, 9.17) is 14.2 Å². The molecule has 0 bridgehead atoms. The average molecular weight is 458 g/mol. The van der Waals surface area contributed by atoms with Crippen LogP contribution in [0.25, 0.3) is 0 Å². The largest absolute Gasteiger partial charge is 0.372 e. The topological polar surface area (TPSA) is 30.9 Å². The molecule has 0 unspecified atom stereocenters. The van der Waals surface area contributed by atoms with Gasteiger partial charge in [0.15, 0.2) is 0 Å². The van der Waals surface area contributed by atoms with Crippen molar-refractivity contribution in [2.45, 2.75) is 63.4 Å². The molecule has 0 radical (unpaired) electrons. The Hall–Kier alpha value is -2.50.